The first-order chi connectivity index (χ1) is 15.2. The molecule has 7 nitrogen and oxygen atoms in total. The Labute approximate surface area is 187 Å². The number of amides is 2. The number of carbonyl (C=O) groups excluding carboxylic acids is 2. The monoisotopic (exact) mass is 436 g/mol. The highest BCUT2D eigenvalue weighted by molar-refractivity contribution is 5.95. The second-order valence-electron chi connectivity index (χ2n) is 7.92. The summed E-state index contributed by atoms with van der Waals surface area (Å²) in [7, 11) is 3.12. The molecule has 2 aromatic carbocycles. The summed E-state index contributed by atoms with van der Waals surface area (Å²) in [4.78, 5) is 38.9. The summed E-state index contributed by atoms with van der Waals surface area (Å²) in [6.45, 7) is 5.61. The first-order valence-corrected chi connectivity index (χ1v) is 10.4. The Morgan fingerprint density at radius 1 is 1.09 bits per heavy atom. The Balaban J connectivity index is 1.65. The summed E-state index contributed by atoms with van der Waals surface area (Å²) in [5.74, 6) is 0.104. The standard InChI is InChI=1S/C25H28N2O5/c1-15-7-6-8-16(2)24(15)26-22(28)14-27(4)23(29)12-11-20-17(3)19-10-9-18(31-5)13-21(19)32-25(20)30/h6-10,13H,11-12,14H2,1-5H3,(H,26,28). The molecule has 0 saturated heterocycles. The quantitative estimate of drug-likeness (QED) is 0.570. The van der Waals surface area contributed by atoms with E-state index in [4.69, 9.17) is 9.15 Å². The van der Waals surface area contributed by atoms with Crippen molar-refractivity contribution in [2.24, 2.45) is 0 Å². The molecule has 0 aliphatic rings. The van der Waals surface area contributed by atoms with Gasteiger partial charge < -0.3 is 19.4 Å². The molecule has 1 N–H and O–H groups in total. The van der Waals surface area contributed by atoms with Crippen molar-refractivity contribution in [1.29, 1.82) is 0 Å². The summed E-state index contributed by atoms with van der Waals surface area (Å²) in [5.41, 5.74) is 3.91. The van der Waals surface area contributed by atoms with Crippen LogP contribution in [-0.2, 0) is 16.0 Å². The van der Waals surface area contributed by atoms with Crippen LogP contribution in [0.3, 0.4) is 0 Å². The highest BCUT2D eigenvalue weighted by Crippen LogP contribution is 2.24. The topological polar surface area (TPSA) is 88.9 Å². The number of methoxy groups -OCH3 is 1. The van der Waals surface area contributed by atoms with Crippen molar-refractivity contribution < 1.29 is 18.7 Å². The number of para-hydroxylation sites is 1. The van der Waals surface area contributed by atoms with Crippen LogP contribution in [0.5, 0.6) is 5.75 Å². The van der Waals surface area contributed by atoms with Gasteiger partial charge in [-0.05, 0) is 56.0 Å². The lowest BCUT2D eigenvalue weighted by Gasteiger charge is -2.18. The number of ether oxygens (including phenoxy) is 1. The van der Waals surface area contributed by atoms with E-state index >= 15 is 0 Å². The highest BCUT2D eigenvalue weighted by Gasteiger charge is 2.17. The Kier molecular flexibility index (Phi) is 6.98. The van der Waals surface area contributed by atoms with E-state index in [1.807, 2.05) is 45.0 Å². The minimum Gasteiger partial charge on any atom is -0.497 e. The second kappa shape index (κ2) is 9.68. The molecule has 32 heavy (non-hydrogen) atoms. The molecule has 0 atom stereocenters. The SMILES string of the molecule is COc1ccc2c(C)c(CCC(=O)N(C)CC(=O)Nc3c(C)cccc3C)c(=O)oc2c1. The minimum absolute atomic E-state index is 0.0717. The molecule has 0 aliphatic carbocycles. The van der Waals surface area contributed by atoms with Crippen molar-refractivity contribution in [3.8, 4) is 5.75 Å². The molecule has 3 aromatic rings. The zero-order chi connectivity index (χ0) is 23.4. The summed E-state index contributed by atoms with van der Waals surface area (Å²) in [6, 6.07) is 11.1. The van der Waals surface area contributed by atoms with Gasteiger partial charge in [-0.2, -0.15) is 0 Å². The van der Waals surface area contributed by atoms with Gasteiger partial charge in [0, 0.05) is 36.2 Å². The molecule has 1 heterocycles. The predicted molar refractivity (Wildman–Crippen MR) is 124 cm³/mol. The van der Waals surface area contributed by atoms with Crippen LogP contribution in [0.1, 0.15) is 28.7 Å². The van der Waals surface area contributed by atoms with E-state index in [1.54, 1.807) is 26.3 Å². The van der Waals surface area contributed by atoms with Crippen LogP contribution < -0.4 is 15.7 Å². The van der Waals surface area contributed by atoms with Crippen LogP contribution in [0.15, 0.2) is 45.6 Å². The summed E-state index contributed by atoms with van der Waals surface area (Å²) >= 11 is 0. The van der Waals surface area contributed by atoms with Gasteiger partial charge in [0.2, 0.25) is 11.8 Å². The van der Waals surface area contributed by atoms with Gasteiger partial charge in [0.25, 0.3) is 0 Å². The van der Waals surface area contributed by atoms with E-state index in [9.17, 15) is 14.4 Å². The van der Waals surface area contributed by atoms with Gasteiger partial charge in [-0.15, -0.1) is 0 Å². The van der Waals surface area contributed by atoms with Crippen LogP contribution in [-0.4, -0.2) is 37.4 Å². The summed E-state index contributed by atoms with van der Waals surface area (Å²) < 4.78 is 10.6. The number of carbonyl (C=O) groups is 2. The van der Waals surface area contributed by atoms with Gasteiger partial charge in [0.1, 0.15) is 11.3 Å². The van der Waals surface area contributed by atoms with E-state index in [-0.39, 0.29) is 31.2 Å². The third-order valence-corrected chi connectivity index (χ3v) is 5.64. The van der Waals surface area contributed by atoms with E-state index < -0.39 is 5.63 Å². The van der Waals surface area contributed by atoms with Gasteiger partial charge in [-0.1, -0.05) is 18.2 Å². The van der Waals surface area contributed by atoms with Crippen molar-refractivity contribution in [2.75, 3.05) is 26.0 Å². The third-order valence-electron chi connectivity index (χ3n) is 5.64. The highest BCUT2D eigenvalue weighted by atomic mass is 16.5. The Bertz CT molecular complexity index is 1210. The number of nitrogens with zero attached hydrogens (tertiary/aromatic N) is 1. The van der Waals surface area contributed by atoms with Crippen LogP contribution in [0.2, 0.25) is 0 Å². The second-order valence-corrected chi connectivity index (χ2v) is 7.92. The molecule has 2 amide bonds. The van der Waals surface area contributed by atoms with Gasteiger partial charge in [-0.25, -0.2) is 4.79 Å². The molecule has 0 saturated carbocycles. The number of nitrogens with one attached hydrogen (secondary N) is 1. The van der Waals surface area contributed by atoms with Crippen molar-refractivity contribution >= 4 is 28.5 Å². The van der Waals surface area contributed by atoms with Crippen LogP contribution in [0.25, 0.3) is 11.0 Å². The fraction of sp³-hybridized carbons (Fsp3) is 0.320. The fourth-order valence-electron chi connectivity index (χ4n) is 3.71. The molecule has 1 aromatic heterocycles. The van der Waals surface area contributed by atoms with E-state index in [2.05, 4.69) is 5.32 Å². The normalized spacial score (nSPS) is 10.8. The molecular formula is C25H28N2O5. The largest absolute Gasteiger partial charge is 0.497 e. The molecular weight excluding hydrogens is 408 g/mol. The molecule has 168 valence electrons. The van der Waals surface area contributed by atoms with E-state index in [1.165, 1.54) is 4.90 Å². The third kappa shape index (κ3) is 4.99. The van der Waals surface area contributed by atoms with E-state index in [0.29, 0.717) is 16.9 Å². The molecule has 0 aliphatic heterocycles. The minimum atomic E-state index is -0.466. The molecule has 0 spiro atoms. The van der Waals surface area contributed by atoms with Gasteiger partial charge >= 0.3 is 5.63 Å². The first-order valence-electron chi connectivity index (χ1n) is 10.4. The Hall–Kier alpha value is -3.61. The summed E-state index contributed by atoms with van der Waals surface area (Å²) in [5, 5.41) is 3.68. The molecule has 0 bridgehead atoms. The van der Waals surface area contributed by atoms with Crippen molar-refractivity contribution in [3.05, 3.63) is 69.1 Å². The van der Waals surface area contributed by atoms with Gasteiger partial charge in [0.05, 0.1) is 13.7 Å². The van der Waals surface area contributed by atoms with E-state index in [0.717, 1.165) is 27.8 Å². The number of rotatable bonds is 7. The smallest absolute Gasteiger partial charge is 0.339 e. The van der Waals surface area contributed by atoms with Crippen LogP contribution >= 0.6 is 0 Å². The molecule has 0 fully saturated rings. The average Bonchev–Trinajstić information content (AvgIpc) is 2.75. The lowest BCUT2D eigenvalue weighted by Crippen LogP contribution is -2.35. The molecule has 0 radical (unpaired) electrons. The first kappa shape index (κ1) is 23.1. The maximum atomic E-state index is 12.6. The number of benzene rings is 2. The zero-order valence-corrected chi connectivity index (χ0v) is 19.1. The van der Waals surface area contributed by atoms with Gasteiger partial charge in [0.15, 0.2) is 0 Å². The number of aryl methyl sites for hydroxylation is 3. The Morgan fingerprint density at radius 2 is 1.78 bits per heavy atom. The number of anilines is 1. The fourth-order valence-corrected chi connectivity index (χ4v) is 3.71. The maximum absolute atomic E-state index is 12.6. The van der Waals surface area contributed by atoms with Crippen LogP contribution in [0.4, 0.5) is 5.69 Å². The number of hydrogen-bond acceptors (Lipinski definition) is 5. The number of hydrogen-bond donors (Lipinski definition) is 1. The van der Waals surface area contributed by atoms with Crippen LogP contribution in [0, 0.1) is 20.8 Å². The predicted octanol–water partition coefficient (Wildman–Crippen LogP) is 3.76. The Morgan fingerprint density at radius 3 is 2.44 bits per heavy atom. The maximum Gasteiger partial charge on any atom is 0.339 e. The van der Waals surface area contributed by atoms with Crippen molar-refractivity contribution in [2.45, 2.75) is 33.6 Å². The van der Waals surface area contributed by atoms with Gasteiger partial charge in [-0.3, -0.25) is 9.59 Å². The number of fused-ring (bicyclic) bond motifs is 1. The molecule has 3 rings (SSSR count). The lowest BCUT2D eigenvalue weighted by molar-refractivity contribution is -0.133. The summed E-state index contributed by atoms with van der Waals surface area (Å²) in [6.07, 6.45) is 0.332. The molecule has 0 unspecified atom stereocenters. The van der Waals surface area contributed by atoms with Crippen molar-refractivity contribution in [3.63, 3.8) is 0 Å². The van der Waals surface area contributed by atoms with Crippen molar-refractivity contribution in [1.82, 2.24) is 4.90 Å². The number of likely N-dealkylation sites (N-methyl/N-ethyl adjacent to an activating group) is 1. The lowest BCUT2D eigenvalue weighted by atomic mass is 10.0. The zero-order valence-electron chi connectivity index (χ0n) is 19.1. The molecule has 7 heteroatoms. The average molecular weight is 437 g/mol.